The first-order valence-electron chi connectivity index (χ1n) is 4.51. The molecule has 0 saturated carbocycles. The van der Waals surface area contributed by atoms with Gasteiger partial charge in [-0.05, 0) is 24.6 Å². The van der Waals surface area contributed by atoms with Crippen LogP contribution in [0.25, 0.3) is 0 Å². The van der Waals surface area contributed by atoms with Gasteiger partial charge < -0.3 is 20.3 Å². The molecule has 1 aromatic carbocycles. The summed E-state index contributed by atoms with van der Waals surface area (Å²) in [5, 5.41) is 9.33. The molecule has 1 heterocycles. The topological polar surface area (TPSA) is 64.7 Å². The van der Waals surface area contributed by atoms with E-state index < -0.39 is 6.10 Å². The summed E-state index contributed by atoms with van der Waals surface area (Å²) in [4.78, 5) is 0. The van der Waals surface area contributed by atoms with Crippen molar-refractivity contribution in [3.05, 3.63) is 23.8 Å². The number of hydrogen-bond donors (Lipinski definition) is 2. The predicted molar refractivity (Wildman–Crippen MR) is 51.2 cm³/mol. The summed E-state index contributed by atoms with van der Waals surface area (Å²) in [7, 11) is 0. The quantitative estimate of drug-likeness (QED) is 0.732. The highest BCUT2D eigenvalue weighted by atomic mass is 16.7. The molecule has 0 spiro atoms. The van der Waals surface area contributed by atoms with Crippen molar-refractivity contribution in [1.29, 1.82) is 0 Å². The molecule has 2 atom stereocenters. The van der Waals surface area contributed by atoms with Crippen LogP contribution in [0.4, 0.5) is 0 Å². The minimum atomic E-state index is -0.574. The highest BCUT2D eigenvalue weighted by Gasteiger charge is 2.17. The van der Waals surface area contributed by atoms with E-state index in [1.807, 2.05) is 6.07 Å². The van der Waals surface area contributed by atoms with E-state index in [1.54, 1.807) is 19.1 Å². The number of fused-ring (bicyclic) bond motifs is 1. The zero-order chi connectivity index (χ0) is 10.1. The summed E-state index contributed by atoms with van der Waals surface area (Å²) in [6.45, 7) is 1.91. The Hall–Kier alpha value is -1.26. The van der Waals surface area contributed by atoms with Crippen LogP contribution in [0.2, 0.25) is 0 Å². The van der Waals surface area contributed by atoms with Gasteiger partial charge in [0.25, 0.3) is 0 Å². The summed E-state index contributed by atoms with van der Waals surface area (Å²) < 4.78 is 10.4. The van der Waals surface area contributed by atoms with E-state index in [9.17, 15) is 5.11 Å². The molecule has 0 radical (unpaired) electrons. The average Bonchev–Trinajstić information content (AvgIpc) is 2.62. The van der Waals surface area contributed by atoms with Crippen molar-refractivity contribution < 1.29 is 14.6 Å². The van der Waals surface area contributed by atoms with Crippen LogP contribution in [0.1, 0.15) is 18.5 Å². The van der Waals surface area contributed by atoms with Gasteiger partial charge in [0.1, 0.15) is 0 Å². The number of aliphatic hydroxyl groups is 1. The standard InChI is InChI=1S/C10H13NO3/c1-6(12)10(11)7-2-3-8-9(4-7)14-5-13-8/h2-4,6,10,12H,5,11H2,1H3. The third kappa shape index (κ3) is 1.54. The highest BCUT2D eigenvalue weighted by molar-refractivity contribution is 5.45. The molecular weight excluding hydrogens is 182 g/mol. The van der Waals surface area contributed by atoms with Gasteiger partial charge in [-0.25, -0.2) is 0 Å². The number of aliphatic hydroxyl groups excluding tert-OH is 1. The zero-order valence-corrected chi connectivity index (χ0v) is 7.93. The Morgan fingerprint density at radius 1 is 1.36 bits per heavy atom. The molecule has 76 valence electrons. The summed E-state index contributed by atoms with van der Waals surface area (Å²) in [6, 6.07) is 5.06. The molecule has 0 fully saturated rings. The molecule has 4 heteroatoms. The molecule has 0 amide bonds. The molecule has 1 aliphatic rings. The van der Waals surface area contributed by atoms with Crippen LogP contribution >= 0.6 is 0 Å². The lowest BCUT2D eigenvalue weighted by Gasteiger charge is -2.15. The van der Waals surface area contributed by atoms with Gasteiger partial charge in [-0.2, -0.15) is 0 Å². The average molecular weight is 195 g/mol. The first kappa shape index (κ1) is 9.30. The molecule has 3 N–H and O–H groups in total. The minimum Gasteiger partial charge on any atom is -0.454 e. The van der Waals surface area contributed by atoms with E-state index in [2.05, 4.69) is 0 Å². The molecule has 2 unspecified atom stereocenters. The molecule has 0 saturated heterocycles. The van der Waals surface area contributed by atoms with Crippen molar-refractivity contribution in [3.8, 4) is 11.5 Å². The molecule has 0 aliphatic carbocycles. The Kier molecular flexibility index (Phi) is 2.31. The third-order valence-corrected chi connectivity index (χ3v) is 2.30. The van der Waals surface area contributed by atoms with Crippen LogP contribution in [0, 0.1) is 0 Å². The summed E-state index contributed by atoms with van der Waals surface area (Å²) in [5.74, 6) is 1.42. The molecule has 14 heavy (non-hydrogen) atoms. The number of hydrogen-bond acceptors (Lipinski definition) is 4. The highest BCUT2D eigenvalue weighted by Crippen LogP contribution is 2.34. The number of benzene rings is 1. The van der Waals surface area contributed by atoms with Crippen molar-refractivity contribution in [3.63, 3.8) is 0 Å². The fraction of sp³-hybridized carbons (Fsp3) is 0.400. The van der Waals surface area contributed by atoms with Crippen molar-refractivity contribution in [1.82, 2.24) is 0 Å². The number of ether oxygens (including phenoxy) is 2. The monoisotopic (exact) mass is 195 g/mol. The Morgan fingerprint density at radius 3 is 2.79 bits per heavy atom. The predicted octanol–water partition coefficient (Wildman–Crippen LogP) is 0.796. The molecule has 4 nitrogen and oxygen atoms in total. The second-order valence-electron chi connectivity index (χ2n) is 3.38. The number of rotatable bonds is 2. The van der Waals surface area contributed by atoms with Gasteiger partial charge in [-0.3, -0.25) is 0 Å². The van der Waals surface area contributed by atoms with E-state index >= 15 is 0 Å². The smallest absolute Gasteiger partial charge is 0.231 e. The molecule has 0 bridgehead atoms. The molecule has 0 aromatic heterocycles. The Balaban J connectivity index is 2.28. The van der Waals surface area contributed by atoms with Gasteiger partial charge in [0.2, 0.25) is 6.79 Å². The van der Waals surface area contributed by atoms with Crippen molar-refractivity contribution >= 4 is 0 Å². The van der Waals surface area contributed by atoms with E-state index in [-0.39, 0.29) is 12.8 Å². The maximum atomic E-state index is 9.33. The SMILES string of the molecule is CC(O)C(N)c1ccc2c(c1)OCO2. The van der Waals surface area contributed by atoms with Gasteiger partial charge in [-0.15, -0.1) is 0 Å². The van der Waals surface area contributed by atoms with Crippen LogP contribution in [0.15, 0.2) is 18.2 Å². The van der Waals surface area contributed by atoms with Crippen molar-refractivity contribution in [2.24, 2.45) is 5.73 Å². The summed E-state index contributed by atoms with van der Waals surface area (Å²) in [5.41, 5.74) is 6.64. The van der Waals surface area contributed by atoms with Crippen molar-refractivity contribution in [2.45, 2.75) is 19.1 Å². The van der Waals surface area contributed by atoms with E-state index in [0.717, 1.165) is 11.3 Å². The maximum Gasteiger partial charge on any atom is 0.231 e. The van der Waals surface area contributed by atoms with Gasteiger partial charge >= 0.3 is 0 Å². The lowest BCUT2D eigenvalue weighted by molar-refractivity contribution is 0.164. The second kappa shape index (κ2) is 3.48. The van der Waals surface area contributed by atoms with Crippen molar-refractivity contribution in [2.75, 3.05) is 6.79 Å². The second-order valence-corrected chi connectivity index (χ2v) is 3.38. The van der Waals surface area contributed by atoms with Gasteiger partial charge in [0.05, 0.1) is 12.1 Å². The van der Waals surface area contributed by atoms with Crippen LogP contribution in [-0.2, 0) is 0 Å². The fourth-order valence-electron chi connectivity index (χ4n) is 1.40. The zero-order valence-electron chi connectivity index (χ0n) is 7.93. The minimum absolute atomic E-state index is 0.253. The molecule has 2 rings (SSSR count). The van der Waals surface area contributed by atoms with Gasteiger partial charge in [-0.1, -0.05) is 6.07 Å². The van der Waals surface area contributed by atoms with Crippen LogP contribution in [-0.4, -0.2) is 18.0 Å². The Bertz CT molecular complexity index is 338. The third-order valence-electron chi connectivity index (χ3n) is 2.30. The molecule has 1 aliphatic heterocycles. The van der Waals surface area contributed by atoms with Crippen LogP contribution in [0.3, 0.4) is 0 Å². The Labute approximate surface area is 82.2 Å². The maximum absolute atomic E-state index is 9.33. The number of nitrogens with two attached hydrogens (primary N) is 1. The molecule has 1 aromatic rings. The van der Waals surface area contributed by atoms with E-state index in [4.69, 9.17) is 15.2 Å². The first-order chi connectivity index (χ1) is 6.68. The largest absolute Gasteiger partial charge is 0.454 e. The molecular formula is C10H13NO3. The van der Waals surface area contributed by atoms with E-state index in [1.165, 1.54) is 0 Å². The van der Waals surface area contributed by atoms with Gasteiger partial charge in [0, 0.05) is 0 Å². The van der Waals surface area contributed by atoms with Gasteiger partial charge in [0.15, 0.2) is 11.5 Å². The summed E-state index contributed by atoms with van der Waals surface area (Å²) in [6.07, 6.45) is -0.574. The lowest BCUT2D eigenvalue weighted by Crippen LogP contribution is -2.22. The summed E-state index contributed by atoms with van der Waals surface area (Å²) >= 11 is 0. The van der Waals surface area contributed by atoms with E-state index in [0.29, 0.717) is 5.75 Å². The lowest BCUT2D eigenvalue weighted by atomic mass is 10.0. The normalized spacial score (nSPS) is 17.9. The van der Waals surface area contributed by atoms with Crippen LogP contribution < -0.4 is 15.2 Å². The van der Waals surface area contributed by atoms with Crippen LogP contribution in [0.5, 0.6) is 11.5 Å². The Morgan fingerprint density at radius 2 is 2.07 bits per heavy atom. The fourth-order valence-corrected chi connectivity index (χ4v) is 1.40. The first-order valence-corrected chi connectivity index (χ1v) is 4.51.